The van der Waals surface area contributed by atoms with Crippen LogP contribution in [0.25, 0.3) is 0 Å². The molecule has 4 nitrogen and oxygen atoms in total. The maximum atomic E-state index is 12.1. The lowest BCUT2D eigenvalue weighted by Gasteiger charge is -2.34. The number of hydrogen-bond donors (Lipinski definition) is 1. The summed E-state index contributed by atoms with van der Waals surface area (Å²) in [5.74, 6) is 2.34. The van der Waals surface area contributed by atoms with E-state index in [0.29, 0.717) is 5.92 Å². The van der Waals surface area contributed by atoms with Gasteiger partial charge in [0.05, 0.1) is 6.61 Å². The van der Waals surface area contributed by atoms with Gasteiger partial charge in [0.2, 0.25) is 5.91 Å². The van der Waals surface area contributed by atoms with E-state index in [-0.39, 0.29) is 12.5 Å². The van der Waals surface area contributed by atoms with Crippen molar-refractivity contribution in [3.63, 3.8) is 0 Å². The van der Waals surface area contributed by atoms with E-state index in [1.165, 1.54) is 12.8 Å². The molecule has 2 fully saturated rings. The van der Waals surface area contributed by atoms with Crippen molar-refractivity contribution in [1.29, 1.82) is 0 Å². The summed E-state index contributed by atoms with van der Waals surface area (Å²) >= 11 is 0. The Balaban J connectivity index is 1.60. The second kappa shape index (κ2) is 7.99. The van der Waals surface area contributed by atoms with Gasteiger partial charge in [-0.3, -0.25) is 4.79 Å². The lowest BCUT2D eigenvalue weighted by atomic mass is 9.87. The third-order valence-corrected chi connectivity index (χ3v) is 4.87. The molecule has 1 N–H and O–H groups in total. The van der Waals surface area contributed by atoms with Gasteiger partial charge in [-0.05, 0) is 56.5 Å². The fourth-order valence-corrected chi connectivity index (χ4v) is 3.27. The van der Waals surface area contributed by atoms with Crippen molar-refractivity contribution >= 4 is 5.91 Å². The zero-order valence-corrected chi connectivity index (χ0v) is 13.1. The average molecular weight is 282 g/mol. The molecule has 0 saturated carbocycles. The van der Waals surface area contributed by atoms with Crippen molar-refractivity contribution in [3.05, 3.63) is 0 Å². The van der Waals surface area contributed by atoms with Crippen molar-refractivity contribution in [1.82, 2.24) is 10.2 Å². The minimum atomic E-state index is 0.182. The summed E-state index contributed by atoms with van der Waals surface area (Å²) < 4.78 is 5.64. The smallest absolute Gasteiger partial charge is 0.248 e. The van der Waals surface area contributed by atoms with Crippen LogP contribution in [0.4, 0.5) is 0 Å². The maximum absolute atomic E-state index is 12.1. The van der Waals surface area contributed by atoms with Gasteiger partial charge in [0.15, 0.2) is 0 Å². The van der Waals surface area contributed by atoms with Crippen molar-refractivity contribution in [2.45, 2.75) is 39.5 Å². The van der Waals surface area contributed by atoms with Gasteiger partial charge in [-0.1, -0.05) is 13.8 Å². The summed E-state index contributed by atoms with van der Waals surface area (Å²) in [5.41, 5.74) is 0. The predicted molar refractivity (Wildman–Crippen MR) is 80.6 cm³/mol. The maximum Gasteiger partial charge on any atom is 0.248 e. The number of likely N-dealkylation sites (tertiary alicyclic amines) is 1. The van der Waals surface area contributed by atoms with Crippen LogP contribution in [-0.4, -0.2) is 50.2 Å². The van der Waals surface area contributed by atoms with E-state index in [9.17, 15) is 4.79 Å². The zero-order valence-electron chi connectivity index (χ0n) is 13.1. The Morgan fingerprint density at radius 2 is 1.85 bits per heavy atom. The molecule has 4 heteroatoms. The Bertz CT molecular complexity index is 293. The molecule has 0 unspecified atom stereocenters. The minimum absolute atomic E-state index is 0.182. The lowest BCUT2D eigenvalue weighted by molar-refractivity contribution is -0.138. The third-order valence-electron chi connectivity index (χ3n) is 4.87. The van der Waals surface area contributed by atoms with Gasteiger partial charge >= 0.3 is 0 Å². The second-order valence-corrected chi connectivity index (χ2v) is 6.67. The average Bonchev–Trinajstić information content (AvgIpc) is 2.48. The topological polar surface area (TPSA) is 41.6 Å². The van der Waals surface area contributed by atoms with E-state index in [0.717, 1.165) is 57.5 Å². The fraction of sp³-hybridized carbons (Fsp3) is 0.938. The van der Waals surface area contributed by atoms with Crippen LogP contribution in [0, 0.1) is 17.8 Å². The number of rotatable bonds is 5. The molecule has 1 amide bonds. The number of carbonyl (C=O) groups is 1. The number of nitrogens with zero attached hydrogens (tertiary/aromatic N) is 1. The normalized spacial score (nSPS) is 22.4. The van der Waals surface area contributed by atoms with Gasteiger partial charge in [-0.25, -0.2) is 0 Å². The SMILES string of the molecule is CC(C)C1CCN(C(=O)COCC2CCNCC2)CC1. The highest BCUT2D eigenvalue weighted by Crippen LogP contribution is 2.24. The van der Waals surface area contributed by atoms with Crippen molar-refractivity contribution in [2.24, 2.45) is 17.8 Å². The standard InChI is InChI=1S/C16H30N2O2/c1-13(2)15-5-9-18(10-6-15)16(19)12-20-11-14-3-7-17-8-4-14/h13-15,17H,3-12H2,1-2H3. The van der Waals surface area contributed by atoms with E-state index in [1.54, 1.807) is 0 Å². The molecule has 0 aliphatic carbocycles. The van der Waals surface area contributed by atoms with Crippen LogP contribution in [0.5, 0.6) is 0 Å². The van der Waals surface area contributed by atoms with E-state index < -0.39 is 0 Å². The molecule has 2 aliphatic heterocycles. The van der Waals surface area contributed by atoms with Crippen LogP contribution in [-0.2, 0) is 9.53 Å². The molecule has 0 spiro atoms. The molecule has 2 heterocycles. The monoisotopic (exact) mass is 282 g/mol. The minimum Gasteiger partial charge on any atom is -0.371 e. The summed E-state index contributed by atoms with van der Waals surface area (Å²) in [4.78, 5) is 14.1. The summed E-state index contributed by atoms with van der Waals surface area (Å²) in [7, 11) is 0. The van der Waals surface area contributed by atoms with Gasteiger partial charge in [-0.2, -0.15) is 0 Å². The lowest BCUT2D eigenvalue weighted by Crippen LogP contribution is -2.41. The fourth-order valence-electron chi connectivity index (χ4n) is 3.27. The number of amides is 1. The van der Waals surface area contributed by atoms with Gasteiger partial charge in [0.25, 0.3) is 0 Å². The summed E-state index contributed by atoms with van der Waals surface area (Å²) in [6.07, 6.45) is 4.65. The summed E-state index contributed by atoms with van der Waals surface area (Å²) in [5, 5.41) is 3.35. The predicted octanol–water partition coefficient (Wildman–Crippen LogP) is 1.90. The molecular formula is C16H30N2O2. The molecule has 116 valence electrons. The quantitative estimate of drug-likeness (QED) is 0.837. The molecule has 2 aliphatic rings. The molecule has 20 heavy (non-hydrogen) atoms. The molecule has 0 radical (unpaired) electrons. The highest BCUT2D eigenvalue weighted by Gasteiger charge is 2.24. The van der Waals surface area contributed by atoms with E-state index in [2.05, 4.69) is 19.2 Å². The van der Waals surface area contributed by atoms with Gasteiger partial charge in [0, 0.05) is 13.1 Å². The number of carbonyl (C=O) groups excluding carboxylic acids is 1. The molecule has 0 aromatic carbocycles. The molecule has 0 bridgehead atoms. The van der Waals surface area contributed by atoms with Gasteiger partial charge in [-0.15, -0.1) is 0 Å². The number of hydrogen-bond acceptors (Lipinski definition) is 3. The number of nitrogens with one attached hydrogen (secondary N) is 1. The Kier molecular flexibility index (Phi) is 6.30. The van der Waals surface area contributed by atoms with E-state index in [4.69, 9.17) is 4.74 Å². The number of ether oxygens (including phenoxy) is 1. The summed E-state index contributed by atoms with van der Waals surface area (Å²) in [6, 6.07) is 0. The molecule has 2 rings (SSSR count). The van der Waals surface area contributed by atoms with Crippen molar-refractivity contribution in [2.75, 3.05) is 39.4 Å². The first-order valence-corrected chi connectivity index (χ1v) is 8.23. The van der Waals surface area contributed by atoms with Gasteiger partial charge < -0.3 is 15.0 Å². The Morgan fingerprint density at radius 3 is 2.45 bits per heavy atom. The van der Waals surface area contributed by atoms with Crippen molar-refractivity contribution < 1.29 is 9.53 Å². The third kappa shape index (κ3) is 4.74. The Labute approximate surface area is 123 Å². The van der Waals surface area contributed by atoms with Crippen LogP contribution >= 0.6 is 0 Å². The zero-order chi connectivity index (χ0) is 14.4. The first-order valence-electron chi connectivity index (χ1n) is 8.23. The largest absolute Gasteiger partial charge is 0.371 e. The first kappa shape index (κ1) is 15.8. The highest BCUT2D eigenvalue weighted by atomic mass is 16.5. The molecule has 0 aromatic heterocycles. The summed E-state index contributed by atoms with van der Waals surface area (Å²) in [6.45, 7) is 9.59. The van der Waals surface area contributed by atoms with Crippen LogP contribution in [0.15, 0.2) is 0 Å². The second-order valence-electron chi connectivity index (χ2n) is 6.67. The highest BCUT2D eigenvalue weighted by molar-refractivity contribution is 5.77. The number of piperidine rings is 2. The van der Waals surface area contributed by atoms with Crippen molar-refractivity contribution in [3.8, 4) is 0 Å². The van der Waals surface area contributed by atoms with Crippen LogP contribution in [0.1, 0.15) is 39.5 Å². The molecular weight excluding hydrogens is 252 g/mol. The Hall–Kier alpha value is -0.610. The molecule has 0 aromatic rings. The first-order chi connectivity index (χ1) is 9.66. The van der Waals surface area contributed by atoms with Crippen LogP contribution in [0.3, 0.4) is 0 Å². The van der Waals surface area contributed by atoms with E-state index >= 15 is 0 Å². The van der Waals surface area contributed by atoms with Crippen LogP contribution < -0.4 is 5.32 Å². The molecule has 0 atom stereocenters. The van der Waals surface area contributed by atoms with E-state index in [1.807, 2.05) is 4.90 Å². The van der Waals surface area contributed by atoms with Crippen LogP contribution in [0.2, 0.25) is 0 Å². The molecule has 2 saturated heterocycles. The van der Waals surface area contributed by atoms with Gasteiger partial charge in [0.1, 0.15) is 6.61 Å². The Morgan fingerprint density at radius 1 is 1.20 bits per heavy atom.